The first-order chi connectivity index (χ1) is 23.0. The number of hydrogen-bond donors (Lipinski definition) is 3. The third kappa shape index (κ3) is 13.6. The van der Waals surface area contributed by atoms with Crippen molar-refractivity contribution in [3.63, 3.8) is 0 Å². The third-order valence-electron chi connectivity index (χ3n) is 6.79. The van der Waals surface area contributed by atoms with Gasteiger partial charge in [-0.2, -0.15) is 13.2 Å². The number of esters is 1. The van der Waals surface area contributed by atoms with Crippen molar-refractivity contribution in [2.75, 3.05) is 58.4 Å². The van der Waals surface area contributed by atoms with Gasteiger partial charge in [0.05, 0.1) is 44.5 Å². The molecule has 0 aliphatic carbocycles. The molecule has 0 radical (unpaired) electrons. The Kier molecular flexibility index (Phi) is 14.9. The molecule has 268 valence electrons. The molecule has 11 nitrogen and oxygen atoms in total. The van der Waals surface area contributed by atoms with Gasteiger partial charge in [0.25, 0.3) is 0 Å². The van der Waals surface area contributed by atoms with Gasteiger partial charge >= 0.3 is 18.2 Å². The standard InChI is InChI=1S/C27H31Cl2N5O4.C6H9F3O2/c1-34-16-22(21-12-20(28)13-24(29)23(21)17-34)18-3-2-4-19(11-18)25-14-30-15-26(33-25)31-5-7-37-9-10-38-8-6-32-27(35)36;1-5(2,3)11-4(10)6(7,8)9/h2-4,11-15,22,32H,5-10,16-17H2,1H3,(H,31,33)(H,35,36);1-3H3/t22-;/m0./s1. The molecule has 0 unspecified atom stereocenters. The maximum absolute atomic E-state index is 11.5. The molecular formula is C33H40Cl2F3N5O6. The zero-order valence-electron chi connectivity index (χ0n) is 27.6. The molecule has 2 aromatic carbocycles. The summed E-state index contributed by atoms with van der Waals surface area (Å²) in [5, 5.41) is 15.3. The summed E-state index contributed by atoms with van der Waals surface area (Å²) in [7, 11) is 2.10. The van der Waals surface area contributed by atoms with Gasteiger partial charge in [0.15, 0.2) is 0 Å². The number of carbonyl (C=O) groups is 2. The highest BCUT2D eigenvalue weighted by molar-refractivity contribution is 6.35. The third-order valence-corrected chi connectivity index (χ3v) is 7.34. The number of amides is 1. The molecule has 0 saturated heterocycles. The first-order valence-electron chi connectivity index (χ1n) is 15.3. The lowest BCUT2D eigenvalue weighted by Crippen LogP contribution is -2.33. The predicted molar refractivity (Wildman–Crippen MR) is 180 cm³/mol. The number of carboxylic acid groups (broad SMARTS) is 1. The molecule has 3 N–H and O–H groups in total. The Hall–Kier alpha value is -3.69. The maximum Gasteiger partial charge on any atom is 0.490 e. The topological polar surface area (TPSA) is 135 Å². The number of fused-ring (bicyclic) bond motifs is 1. The lowest BCUT2D eigenvalue weighted by Gasteiger charge is -2.33. The number of aromatic nitrogens is 2. The second-order valence-corrected chi connectivity index (χ2v) is 12.8. The van der Waals surface area contributed by atoms with Crippen LogP contribution in [0.25, 0.3) is 11.3 Å². The van der Waals surface area contributed by atoms with Crippen LogP contribution in [0.1, 0.15) is 43.4 Å². The number of anilines is 1. The van der Waals surface area contributed by atoms with Gasteiger partial charge in [0, 0.05) is 47.7 Å². The van der Waals surface area contributed by atoms with E-state index in [0.29, 0.717) is 48.8 Å². The van der Waals surface area contributed by atoms with Crippen LogP contribution in [-0.4, -0.2) is 96.9 Å². The molecule has 1 aliphatic heterocycles. The van der Waals surface area contributed by atoms with Gasteiger partial charge in [0.2, 0.25) is 0 Å². The van der Waals surface area contributed by atoms with E-state index in [1.165, 1.54) is 31.9 Å². The zero-order valence-corrected chi connectivity index (χ0v) is 29.1. The average Bonchev–Trinajstić information content (AvgIpc) is 3.01. The van der Waals surface area contributed by atoms with E-state index in [9.17, 15) is 22.8 Å². The summed E-state index contributed by atoms with van der Waals surface area (Å²) in [6, 6.07) is 12.2. The van der Waals surface area contributed by atoms with Gasteiger partial charge < -0.3 is 34.9 Å². The number of ether oxygens (including phenoxy) is 3. The first kappa shape index (κ1) is 39.7. The number of benzene rings is 2. The molecule has 1 amide bonds. The van der Waals surface area contributed by atoms with E-state index in [1.807, 2.05) is 24.3 Å². The van der Waals surface area contributed by atoms with Gasteiger partial charge in [-0.3, -0.25) is 4.98 Å². The molecular weight excluding hydrogens is 690 g/mol. The van der Waals surface area contributed by atoms with Crippen molar-refractivity contribution in [1.82, 2.24) is 20.2 Å². The van der Waals surface area contributed by atoms with Gasteiger partial charge in [-0.05, 0) is 62.7 Å². The van der Waals surface area contributed by atoms with Crippen molar-refractivity contribution in [2.45, 2.75) is 45.0 Å². The largest absolute Gasteiger partial charge is 0.490 e. The Labute approximate surface area is 293 Å². The van der Waals surface area contributed by atoms with Crippen LogP contribution in [0, 0.1) is 0 Å². The van der Waals surface area contributed by atoms with Gasteiger partial charge in [-0.25, -0.2) is 14.6 Å². The summed E-state index contributed by atoms with van der Waals surface area (Å²) in [5.41, 5.74) is 4.12. The molecule has 1 atom stereocenters. The van der Waals surface area contributed by atoms with Crippen LogP contribution in [0.2, 0.25) is 10.0 Å². The Balaban J connectivity index is 0.000000509. The normalized spacial score (nSPS) is 14.7. The molecule has 0 spiro atoms. The minimum absolute atomic E-state index is 0.142. The van der Waals surface area contributed by atoms with Crippen LogP contribution in [0.15, 0.2) is 48.8 Å². The Bertz CT molecular complexity index is 1560. The van der Waals surface area contributed by atoms with E-state index < -0.39 is 23.8 Å². The van der Waals surface area contributed by atoms with E-state index in [4.69, 9.17) is 42.8 Å². The highest BCUT2D eigenvalue weighted by atomic mass is 35.5. The lowest BCUT2D eigenvalue weighted by atomic mass is 9.84. The number of likely N-dealkylation sites (N-methyl/N-ethyl adjacent to an activating group) is 1. The van der Waals surface area contributed by atoms with E-state index in [2.05, 4.69) is 44.4 Å². The fourth-order valence-corrected chi connectivity index (χ4v) is 5.34. The monoisotopic (exact) mass is 729 g/mol. The average molecular weight is 731 g/mol. The molecule has 3 aromatic rings. The molecule has 1 aromatic heterocycles. The van der Waals surface area contributed by atoms with Crippen molar-refractivity contribution < 1.29 is 42.1 Å². The fraction of sp³-hybridized carbons (Fsp3) is 0.455. The number of nitrogens with one attached hydrogen (secondary N) is 2. The van der Waals surface area contributed by atoms with Crippen molar-refractivity contribution in [3.05, 3.63) is 75.5 Å². The van der Waals surface area contributed by atoms with Crippen molar-refractivity contribution in [2.24, 2.45) is 0 Å². The summed E-state index contributed by atoms with van der Waals surface area (Å²) in [6.07, 6.45) is -2.52. The van der Waals surface area contributed by atoms with E-state index >= 15 is 0 Å². The SMILES string of the molecule is CC(C)(C)OC(=O)C(F)(F)F.CN1Cc2c(Cl)cc(Cl)cc2[C@H](c2cccc(-c3cncc(NCCOCCOCCNC(=O)O)n3)c2)C1. The number of carbonyl (C=O) groups excluding carboxylic acids is 1. The molecule has 0 saturated carbocycles. The quantitative estimate of drug-likeness (QED) is 0.138. The second kappa shape index (κ2) is 18.3. The second-order valence-electron chi connectivity index (χ2n) is 12.0. The van der Waals surface area contributed by atoms with Crippen LogP contribution in [0.4, 0.5) is 23.8 Å². The van der Waals surface area contributed by atoms with Gasteiger partial charge in [-0.1, -0.05) is 41.4 Å². The van der Waals surface area contributed by atoms with Crippen molar-refractivity contribution in [3.8, 4) is 11.3 Å². The number of rotatable bonds is 12. The van der Waals surface area contributed by atoms with Gasteiger partial charge in [0.1, 0.15) is 11.4 Å². The molecule has 4 rings (SSSR count). The Morgan fingerprint density at radius 2 is 1.71 bits per heavy atom. The summed E-state index contributed by atoms with van der Waals surface area (Å²) in [4.78, 5) is 31.9. The van der Waals surface area contributed by atoms with Crippen molar-refractivity contribution >= 4 is 41.1 Å². The summed E-state index contributed by atoms with van der Waals surface area (Å²) < 4.78 is 49.4. The zero-order chi connectivity index (χ0) is 36.2. The smallest absolute Gasteiger partial charge is 0.465 e. The van der Waals surface area contributed by atoms with Crippen LogP contribution in [0.5, 0.6) is 0 Å². The minimum Gasteiger partial charge on any atom is -0.465 e. The van der Waals surface area contributed by atoms with Crippen LogP contribution < -0.4 is 10.6 Å². The van der Waals surface area contributed by atoms with Crippen molar-refractivity contribution in [1.29, 1.82) is 0 Å². The van der Waals surface area contributed by atoms with Crippen LogP contribution in [-0.2, 0) is 25.5 Å². The molecule has 2 heterocycles. The van der Waals surface area contributed by atoms with Crippen LogP contribution >= 0.6 is 23.2 Å². The molecule has 16 heteroatoms. The lowest BCUT2D eigenvalue weighted by molar-refractivity contribution is -0.210. The van der Waals surface area contributed by atoms with Crippen LogP contribution in [0.3, 0.4) is 0 Å². The number of nitrogens with zero attached hydrogens (tertiary/aromatic N) is 3. The van der Waals surface area contributed by atoms with E-state index in [1.54, 1.807) is 12.4 Å². The summed E-state index contributed by atoms with van der Waals surface area (Å²) in [6.45, 7) is 8.18. The number of alkyl halides is 3. The maximum atomic E-state index is 11.5. The fourth-order valence-electron chi connectivity index (χ4n) is 4.77. The molecule has 49 heavy (non-hydrogen) atoms. The highest BCUT2D eigenvalue weighted by Crippen LogP contribution is 2.39. The number of halogens is 5. The summed E-state index contributed by atoms with van der Waals surface area (Å²) >= 11 is 12.9. The Morgan fingerprint density at radius 1 is 1.02 bits per heavy atom. The molecule has 0 fully saturated rings. The van der Waals surface area contributed by atoms with E-state index in [0.717, 1.165) is 29.9 Å². The molecule has 0 bridgehead atoms. The summed E-state index contributed by atoms with van der Waals surface area (Å²) in [5.74, 6) is -1.34. The predicted octanol–water partition coefficient (Wildman–Crippen LogP) is 6.63. The first-order valence-corrected chi connectivity index (χ1v) is 16.0. The molecule has 1 aliphatic rings. The van der Waals surface area contributed by atoms with E-state index in [-0.39, 0.29) is 12.5 Å². The van der Waals surface area contributed by atoms with Gasteiger partial charge in [-0.15, -0.1) is 0 Å². The Morgan fingerprint density at radius 3 is 2.35 bits per heavy atom. The number of hydrogen-bond acceptors (Lipinski definition) is 9. The minimum atomic E-state index is -4.90. The highest BCUT2D eigenvalue weighted by Gasteiger charge is 2.42.